The Hall–Kier alpha value is -1.23. The summed E-state index contributed by atoms with van der Waals surface area (Å²) in [4.78, 5) is 2.12. The second-order valence-corrected chi connectivity index (χ2v) is 5.59. The highest BCUT2D eigenvalue weighted by atomic mass is 19.4. The number of nitrogen functional groups attached to an aromatic ring is 1. The molecule has 0 heterocycles. The summed E-state index contributed by atoms with van der Waals surface area (Å²) in [6, 6.07) is 4.09. The van der Waals surface area contributed by atoms with Crippen molar-refractivity contribution in [3.8, 4) is 0 Å². The molecule has 112 valence electrons. The highest BCUT2D eigenvalue weighted by Crippen LogP contribution is 2.35. The van der Waals surface area contributed by atoms with Crippen molar-refractivity contribution in [2.75, 3.05) is 18.8 Å². The number of hydrogen-bond acceptors (Lipinski definition) is 2. The first-order valence-electron chi connectivity index (χ1n) is 7.08. The minimum absolute atomic E-state index is 0.158. The largest absolute Gasteiger partial charge is 0.416 e. The Bertz CT molecular complexity index is 453. The van der Waals surface area contributed by atoms with Gasteiger partial charge < -0.3 is 5.73 Å². The van der Waals surface area contributed by atoms with Crippen LogP contribution in [-0.2, 0) is 12.7 Å². The molecular weight excluding hydrogens is 265 g/mol. The molecule has 1 aliphatic rings. The smallest absolute Gasteiger partial charge is 0.399 e. The number of hydrogen-bond donors (Lipinski definition) is 1. The summed E-state index contributed by atoms with van der Waals surface area (Å²) < 4.78 is 39.2. The summed E-state index contributed by atoms with van der Waals surface area (Å²) in [7, 11) is 0. The zero-order valence-corrected chi connectivity index (χ0v) is 11.7. The summed E-state index contributed by atoms with van der Waals surface area (Å²) in [6.45, 7) is 4.13. The first kappa shape index (κ1) is 15.2. The van der Waals surface area contributed by atoms with Gasteiger partial charge in [-0.2, -0.15) is 13.2 Å². The maximum atomic E-state index is 13.1. The summed E-state index contributed by atoms with van der Waals surface area (Å²) in [5.41, 5.74) is 5.37. The fraction of sp³-hybridized carbons (Fsp3) is 0.600. The average Bonchev–Trinajstić information content (AvgIpc) is 3.14. The molecular formula is C15H21F3N2. The summed E-state index contributed by atoms with van der Waals surface area (Å²) in [5.74, 6) is 0.671. The zero-order valence-electron chi connectivity index (χ0n) is 11.7. The van der Waals surface area contributed by atoms with Crippen LogP contribution < -0.4 is 5.73 Å². The van der Waals surface area contributed by atoms with E-state index >= 15 is 0 Å². The molecule has 0 spiro atoms. The van der Waals surface area contributed by atoms with E-state index in [4.69, 9.17) is 5.73 Å². The molecule has 0 saturated heterocycles. The highest BCUT2D eigenvalue weighted by Gasteiger charge is 2.34. The number of alkyl halides is 3. The first-order valence-corrected chi connectivity index (χ1v) is 7.08. The molecule has 0 unspecified atom stereocenters. The summed E-state index contributed by atoms with van der Waals surface area (Å²) in [5, 5.41) is 0. The van der Waals surface area contributed by atoms with Crippen LogP contribution >= 0.6 is 0 Å². The van der Waals surface area contributed by atoms with Gasteiger partial charge in [-0.05, 0) is 49.4 Å². The highest BCUT2D eigenvalue weighted by molar-refractivity contribution is 5.46. The van der Waals surface area contributed by atoms with E-state index in [-0.39, 0.29) is 5.69 Å². The minimum atomic E-state index is -4.35. The van der Waals surface area contributed by atoms with Gasteiger partial charge in [0.2, 0.25) is 0 Å². The van der Waals surface area contributed by atoms with Gasteiger partial charge >= 0.3 is 6.18 Å². The van der Waals surface area contributed by atoms with Crippen LogP contribution in [0.3, 0.4) is 0 Å². The molecule has 1 fully saturated rings. The fourth-order valence-electron chi connectivity index (χ4n) is 2.45. The third-order valence-corrected chi connectivity index (χ3v) is 3.59. The van der Waals surface area contributed by atoms with Crippen LogP contribution in [0.4, 0.5) is 18.9 Å². The number of halogens is 3. The molecule has 1 aromatic rings. The van der Waals surface area contributed by atoms with Crippen molar-refractivity contribution in [2.45, 2.75) is 38.9 Å². The number of anilines is 1. The summed E-state index contributed by atoms with van der Waals surface area (Å²) in [6.07, 6.45) is -0.993. The molecule has 0 amide bonds. The van der Waals surface area contributed by atoms with E-state index in [9.17, 15) is 13.2 Å². The Morgan fingerprint density at radius 1 is 1.30 bits per heavy atom. The lowest BCUT2D eigenvalue weighted by atomic mass is 10.1. The third kappa shape index (κ3) is 4.13. The normalized spacial score (nSPS) is 15.8. The lowest BCUT2D eigenvalue weighted by Crippen LogP contribution is -2.27. The molecule has 1 aliphatic carbocycles. The molecule has 2 nitrogen and oxygen atoms in total. The molecule has 1 saturated carbocycles. The molecule has 2 rings (SSSR count). The van der Waals surface area contributed by atoms with Crippen molar-refractivity contribution in [3.05, 3.63) is 29.3 Å². The van der Waals surface area contributed by atoms with Gasteiger partial charge in [-0.25, -0.2) is 0 Å². The molecule has 2 N–H and O–H groups in total. The third-order valence-electron chi connectivity index (χ3n) is 3.59. The molecule has 0 aromatic heterocycles. The van der Waals surface area contributed by atoms with Crippen molar-refractivity contribution in [1.82, 2.24) is 4.90 Å². The molecule has 0 aliphatic heterocycles. The van der Waals surface area contributed by atoms with E-state index in [0.717, 1.165) is 25.6 Å². The quantitative estimate of drug-likeness (QED) is 0.803. The standard InChI is InChI=1S/C15H21F3N2/c1-2-7-20(9-11-3-4-11)10-12-5-6-13(19)8-14(12)15(16,17)18/h5-6,8,11H,2-4,7,9-10,19H2,1H3. The van der Waals surface area contributed by atoms with Gasteiger partial charge in [-0.3, -0.25) is 4.90 Å². The number of benzene rings is 1. The van der Waals surface area contributed by atoms with Crippen LogP contribution in [0.5, 0.6) is 0 Å². The Balaban J connectivity index is 2.17. The van der Waals surface area contributed by atoms with Gasteiger partial charge in [0, 0.05) is 18.8 Å². The topological polar surface area (TPSA) is 29.3 Å². The fourth-order valence-corrected chi connectivity index (χ4v) is 2.45. The first-order chi connectivity index (χ1) is 9.40. The Morgan fingerprint density at radius 2 is 2.00 bits per heavy atom. The Morgan fingerprint density at radius 3 is 2.55 bits per heavy atom. The SMILES string of the molecule is CCCN(Cc1ccc(N)cc1C(F)(F)F)CC1CC1. The Kier molecular flexibility index (Phi) is 4.58. The van der Waals surface area contributed by atoms with Gasteiger partial charge in [0.1, 0.15) is 0 Å². The molecule has 0 radical (unpaired) electrons. The van der Waals surface area contributed by atoms with E-state index < -0.39 is 11.7 Å². The van der Waals surface area contributed by atoms with Crippen molar-refractivity contribution >= 4 is 5.69 Å². The van der Waals surface area contributed by atoms with Crippen LogP contribution in [0.1, 0.15) is 37.3 Å². The number of nitrogens with zero attached hydrogens (tertiary/aromatic N) is 1. The molecule has 5 heteroatoms. The van der Waals surface area contributed by atoms with Crippen LogP contribution in [0.15, 0.2) is 18.2 Å². The molecule has 0 bridgehead atoms. The van der Waals surface area contributed by atoms with E-state index in [1.54, 1.807) is 6.07 Å². The predicted molar refractivity (Wildman–Crippen MR) is 74.1 cm³/mol. The second kappa shape index (κ2) is 6.04. The second-order valence-electron chi connectivity index (χ2n) is 5.59. The van der Waals surface area contributed by atoms with Crippen molar-refractivity contribution in [2.24, 2.45) is 5.92 Å². The van der Waals surface area contributed by atoms with Crippen LogP contribution in [-0.4, -0.2) is 18.0 Å². The number of rotatable bonds is 6. The van der Waals surface area contributed by atoms with E-state index in [0.29, 0.717) is 18.0 Å². The molecule has 0 atom stereocenters. The zero-order chi connectivity index (χ0) is 14.8. The van der Waals surface area contributed by atoms with E-state index in [2.05, 4.69) is 4.90 Å². The molecule has 20 heavy (non-hydrogen) atoms. The maximum absolute atomic E-state index is 13.1. The lowest BCUT2D eigenvalue weighted by molar-refractivity contribution is -0.138. The lowest BCUT2D eigenvalue weighted by Gasteiger charge is -2.24. The van der Waals surface area contributed by atoms with Crippen LogP contribution in [0.25, 0.3) is 0 Å². The van der Waals surface area contributed by atoms with Gasteiger partial charge in [-0.15, -0.1) is 0 Å². The van der Waals surface area contributed by atoms with Crippen molar-refractivity contribution < 1.29 is 13.2 Å². The van der Waals surface area contributed by atoms with Crippen LogP contribution in [0.2, 0.25) is 0 Å². The number of nitrogens with two attached hydrogens (primary N) is 1. The Labute approximate surface area is 117 Å². The van der Waals surface area contributed by atoms with Crippen LogP contribution in [0, 0.1) is 5.92 Å². The van der Waals surface area contributed by atoms with Gasteiger partial charge in [-0.1, -0.05) is 13.0 Å². The maximum Gasteiger partial charge on any atom is 0.416 e. The molecule has 1 aromatic carbocycles. The van der Waals surface area contributed by atoms with Crippen molar-refractivity contribution in [3.63, 3.8) is 0 Å². The van der Waals surface area contributed by atoms with Crippen molar-refractivity contribution in [1.29, 1.82) is 0 Å². The van der Waals surface area contributed by atoms with Gasteiger partial charge in [0.05, 0.1) is 5.56 Å². The predicted octanol–water partition coefficient (Wildman–Crippen LogP) is 3.91. The minimum Gasteiger partial charge on any atom is -0.399 e. The van der Waals surface area contributed by atoms with E-state index in [1.165, 1.54) is 18.9 Å². The average molecular weight is 286 g/mol. The summed E-state index contributed by atoms with van der Waals surface area (Å²) >= 11 is 0. The monoisotopic (exact) mass is 286 g/mol. The van der Waals surface area contributed by atoms with Gasteiger partial charge in [0.25, 0.3) is 0 Å². The van der Waals surface area contributed by atoms with Gasteiger partial charge in [0.15, 0.2) is 0 Å². The van der Waals surface area contributed by atoms with E-state index in [1.807, 2.05) is 6.92 Å².